The lowest BCUT2D eigenvalue weighted by molar-refractivity contribution is -0.131. The van der Waals surface area contributed by atoms with E-state index in [0.29, 0.717) is 16.9 Å². The molecule has 3 rings (SSSR count). The van der Waals surface area contributed by atoms with Gasteiger partial charge in [0.15, 0.2) is 17.2 Å². The molecule has 0 fully saturated rings. The summed E-state index contributed by atoms with van der Waals surface area (Å²) in [5, 5.41) is 29.6. The van der Waals surface area contributed by atoms with E-state index in [1.54, 1.807) is 13.0 Å². The van der Waals surface area contributed by atoms with Crippen molar-refractivity contribution in [3.63, 3.8) is 0 Å². The van der Waals surface area contributed by atoms with Gasteiger partial charge < -0.3 is 29.5 Å². The Morgan fingerprint density at radius 3 is 2.34 bits per heavy atom. The molecule has 8 heteroatoms. The van der Waals surface area contributed by atoms with Crippen LogP contribution in [0.25, 0.3) is 11.1 Å². The van der Waals surface area contributed by atoms with E-state index >= 15 is 0 Å². The summed E-state index contributed by atoms with van der Waals surface area (Å²) in [4.78, 5) is 24.5. The van der Waals surface area contributed by atoms with Crippen LogP contribution in [0.4, 0.5) is 0 Å². The Bertz CT molecular complexity index is 1190. The number of hydrogen-bond acceptors (Lipinski definition) is 7. The van der Waals surface area contributed by atoms with E-state index in [2.05, 4.69) is 0 Å². The standard InChI is InChI=1S/C24H24O8/c1-6-11(2)15-9-18(30-5)13(4)21-23(15)31-22-16(10-25)17(26)8-14(12(3)7-19(27)28)20(22)24(29)32-21/h6-9,25-26H,10H2,1-5H3,(H,27,28)/b11-6-,12-7+. The van der Waals surface area contributed by atoms with Gasteiger partial charge in [-0.15, -0.1) is 0 Å². The molecule has 0 radical (unpaired) electrons. The third-order valence-electron chi connectivity index (χ3n) is 5.40. The Labute approximate surface area is 185 Å². The number of fused-ring (bicyclic) bond motifs is 2. The van der Waals surface area contributed by atoms with Crippen molar-refractivity contribution in [3.05, 3.63) is 52.1 Å². The number of ether oxygens (including phenoxy) is 3. The highest BCUT2D eigenvalue weighted by atomic mass is 16.6. The monoisotopic (exact) mass is 440 g/mol. The van der Waals surface area contributed by atoms with Gasteiger partial charge in [0.2, 0.25) is 0 Å². The second-order valence-electron chi connectivity index (χ2n) is 7.32. The minimum absolute atomic E-state index is 0.0192. The minimum atomic E-state index is -1.22. The van der Waals surface area contributed by atoms with Gasteiger partial charge in [0, 0.05) is 17.2 Å². The van der Waals surface area contributed by atoms with Crippen LogP contribution in [0, 0.1) is 6.92 Å². The van der Waals surface area contributed by atoms with Crippen molar-refractivity contribution in [2.24, 2.45) is 0 Å². The van der Waals surface area contributed by atoms with Crippen LogP contribution < -0.4 is 14.2 Å². The molecule has 0 aromatic heterocycles. The molecule has 1 heterocycles. The fourth-order valence-electron chi connectivity index (χ4n) is 3.57. The van der Waals surface area contributed by atoms with Gasteiger partial charge in [-0.05, 0) is 56.5 Å². The number of phenols is 1. The average Bonchev–Trinajstić information content (AvgIpc) is 2.89. The van der Waals surface area contributed by atoms with Crippen LogP contribution in [-0.2, 0) is 11.4 Å². The second-order valence-corrected chi connectivity index (χ2v) is 7.32. The summed E-state index contributed by atoms with van der Waals surface area (Å²) in [6, 6.07) is 2.96. The Balaban J connectivity index is 2.42. The topological polar surface area (TPSA) is 123 Å². The molecule has 1 aliphatic rings. The van der Waals surface area contributed by atoms with E-state index in [-0.39, 0.29) is 45.3 Å². The maximum absolute atomic E-state index is 13.3. The molecular weight excluding hydrogens is 416 g/mol. The van der Waals surface area contributed by atoms with Crippen molar-refractivity contribution >= 4 is 23.1 Å². The van der Waals surface area contributed by atoms with E-state index in [0.717, 1.165) is 11.6 Å². The van der Waals surface area contributed by atoms with Gasteiger partial charge in [-0.25, -0.2) is 9.59 Å². The summed E-state index contributed by atoms with van der Waals surface area (Å²) in [6.45, 7) is 6.26. The third-order valence-corrected chi connectivity index (χ3v) is 5.40. The number of benzene rings is 2. The number of aliphatic hydroxyl groups excluding tert-OH is 1. The van der Waals surface area contributed by atoms with Gasteiger partial charge in [-0.2, -0.15) is 0 Å². The highest BCUT2D eigenvalue weighted by Gasteiger charge is 2.34. The number of carbonyl (C=O) groups excluding carboxylic acids is 1. The molecule has 168 valence electrons. The van der Waals surface area contributed by atoms with Gasteiger partial charge in [-0.1, -0.05) is 6.08 Å². The molecule has 0 saturated carbocycles. The number of rotatable bonds is 5. The number of aliphatic hydroxyl groups is 1. The quantitative estimate of drug-likeness (QED) is 0.354. The summed E-state index contributed by atoms with van der Waals surface area (Å²) in [6.07, 6.45) is 2.75. The minimum Gasteiger partial charge on any atom is -0.507 e. The van der Waals surface area contributed by atoms with Gasteiger partial charge in [-0.3, -0.25) is 0 Å². The summed E-state index contributed by atoms with van der Waals surface area (Å²) < 4.78 is 17.3. The van der Waals surface area contributed by atoms with Gasteiger partial charge in [0.05, 0.1) is 19.3 Å². The maximum Gasteiger partial charge on any atom is 0.348 e. The van der Waals surface area contributed by atoms with Crippen LogP contribution in [0.15, 0.2) is 24.3 Å². The first-order valence-electron chi connectivity index (χ1n) is 9.80. The molecule has 0 aliphatic carbocycles. The number of carboxylic acid groups (broad SMARTS) is 1. The average molecular weight is 440 g/mol. The number of methoxy groups -OCH3 is 1. The van der Waals surface area contributed by atoms with Crippen molar-refractivity contribution in [3.8, 4) is 28.7 Å². The Morgan fingerprint density at radius 2 is 1.78 bits per heavy atom. The normalized spacial score (nSPS) is 13.5. The van der Waals surface area contributed by atoms with Crippen LogP contribution in [-0.4, -0.2) is 34.4 Å². The first-order valence-corrected chi connectivity index (χ1v) is 9.80. The number of carbonyl (C=O) groups is 2. The predicted octanol–water partition coefficient (Wildman–Crippen LogP) is 4.44. The van der Waals surface area contributed by atoms with Gasteiger partial charge >= 0.3 is 11.9 Å². The van der Waals surface area contributed by atoms with Gasteiger partial charge in [0.1, 0.15) is 17.1 Å². The molecule has 2 aromatic rings. The number of carboxylic acids is 1. The van der Waals surface area contributed by atoms with E-state index < -0.39 is 18.5 Å². The maximum atomic E-state index is 13.3. The molecule has 2 aromatic carbocycles. The number of aromatic hydroxyl groups is 1. The zero-order valence-corrected chi connectivity index (χ0v) is 18.4. The number of esters is 1. The second kappa shape index (κ2) is 8.76. The molecule has 0 atom stereocenters. The van der Waals surface area contributed by atoms with E-state index in [1.165, 1.54) is 20.1 Å². The molecule has 3 N–H and O–H groups in total. The summed E-state index contributed by atoms with van der Waals surface area (Å²) >= 11 is 0. The van der Waals surface area contributed by atoms with Crippen molar-refractivity contribution in [1.82, 2.24) is 0 Å². The largest absolute Gasteiger partial charge is 0.507 e. The zero-order chi connectivity index (χ0) is 23.7. The smallest absolute Gasteiger partial charge is 0.348 e. The SMILES string of the molecule is C/C=C(/C)c1cc(OC)c(C)c2c1Oc1c(CO)c(O)cc(/C(C)=C/C(=O)O)c1C(=O)O2. The van der Waals surface area contributed by atoms with Crippen LogP contribution in [0.2, 0.25) is 0 Å². The molecule has 0 unspecified atom stereocenters. The number of hydrogen-bond donors (Lipinski definition) is 3. The van der Waals surface area contributed by atoms with Crippen LogP contribution >= 0.6 is 0 Å². The first-order chi connectivity index (χ1) is 15.1. The third kappa shape index (κ3) is 3.80. The van der Waals surface area contributed by atoms with Crippen molar-refractivity contribution in [2.45, 2.75) is 34.3 Å². The molecule has 0 bridgehead atoms. The van der Waals surface area contributed by atoms with Crippen molar-refractivity contribution < 1.29 is 39.1 Å². The van der Waals surface area contributed by atoms with E-state index in [9.17, 15) is 19.8 Å². The molecule has 0 saturated heterocycles. The molecule has 1 aliphatic heterocycles. The highest BCUT2D eigenvalue weighted by Crippen LogP contribution is 2.50. The van der Waals surface area contributed by atoms with Crippen LogP contribution in [0.3, 0.4) is 0 Å². The summed E-state index contributed by atoms with van der Waals surface area (Å²) in [5.41, 5.74) is 2.12. The molecular formula is C24H24O8. The Kier molecular flexibility index (Phi) is 6.27. The fraction of sp³-hybridized carbons (Fsp3) is 0.250. The molecule has 0 spiro atoms. The summed E-state index contributed by atoms with van der Waals surface area (Å²) in [7, 11) is 1.50. The van der Waals surface area contributed by atoms with Gasteiger partial charge in [0.25, 0.3) is 0 Å². The lowest BCUT2D eigenvalue weighted by Gasteiger charge is -2.19. The predicted molar refractivity (Wildman–Crippen MR) is 117 cm³/mol. The van der Waals surface area contributed by atoms with Crippen molar-refractivity contribution in [2.75, 3.05) is 7.11 Å². The van der Waals surface area contributed by atoms with Crippen LogP contribution in [0.1, 0.15) is 53.4 Å². The highest BCUT2D eigenvalue weighted by molar-refractivity contribution is 6.03. The molecule has 0 amide bonds. The number of aliphatic carboxylic acids is 1. The van der Waals surface area contributed by atoms with Crippen LogP contribution in [0.5, 0.6) is 28.7 Å². The lowest BCUT2D eigenvalue weighted by atomic mass is 9.95. The Hall–Kier alpha value is -3.78. The first kappa shape index (κ1) is 22.9. The van der Waals surface area contributed by atoms with E-state index in [4.69, 9.17) is 19.3 Å². The van der Waals surface area contributed by atoms with Crippen molar-refractivity contribution in [1.29, 1.82) is 0 Å². The number of allylic oxidation sites excluding steroid dienone is 3. The molecule has 32 heavy (non-hydrogen) atoms. The lowest BCUT2D eigenvalue weighted by Crippen LogP contribution is -2.12. The van der Waals surface area contributed by atoms with E-state index in [1.807, 2.05) is 19.9 Å². The zero-order valence-electron chi connectivity index (χ0n) is 18.4. The summed E-state index contributed by atoms with van der Waals surface area (Å²) in [5.74, 6) is -1.64. The molecule has 8 nitrogen and oxygen atoms in total. The fourth-order valence-corrected chi connectivity index (χ4v) is 3.57. The Morgan fingerprint density at radius 1 is 1.09 bits per heavy atom.